The van der Waals surface area contributed by atoms with Gasteiger partial charge >= 0.3 is 6.03 Å². The van der Waals surface area contributed by atoms with Crippen molar-refractivity contribution in [3.8, 4) is 9.75 Å². The summed E-state index contributed by atoms with van der Waals surface area (Å²) < 4.78 is 26.9. The van der Waals surface area contributed by atoms with Crippen LogP contribution in [0, 0.1) is 6.92 Å². The predicted molar refractivity (Wildman–Crippen MR) is 88.0 cm³/mol. The molecule has 0 bridgehead atoms. The zero-order valence-electron chi connectivity index (χ0n) is 12.0. The number of hydrogen-bond acceptors (Lipinski definition) is 7. The number of thiazole rings is 1. The van der Waals surface area contributed by atoms with Crippen molar-refractivity contribution in [2.24, 2.45) is 0 Å². The normalized spacial score (nSPS) is 11.2. The number of nitrogens with zero attached hydrogens (tertiary/aromatic N) is 1. The first-order chi connectivity index (χ1) is 10.9. The molecule has 0 radical (unpaired) electrons. The fraction of sp³-hybridized carbons (Fsp3) is 0.250. The maximum absolute atomic E-state index is 12.2. The summed E-state index contributed by atoms with van der Waals surface area (Å²) in [5.41, 5.74) is 0. The highest BCUT2D eigenvalue weighted by atomic mass is 32.2. The molecule has 0 atom stereocenters. The van der Waals surface area contributed by atoms with Crippen molar-refractivity contribution < 1.29 is 18.0 Å². The van der Waals surface area contributed by atoms with Gasteiger partial charge in [-0.3, -0.25) is 10.1 Å². The Morgan fingerprint density at radius 1 is 1.26 bits per heavy atom. The molecule has 0 spiro atoms. The molecule has 0 aliphatic carbocycles. The molecular weight excluding hydrogens is 360 g/mol. The van der Waals surface area contributed by atoms with Gasteiger partial charge < -0.3 is 5.32 Å². The van der Waals surface area contributed by atoms with Crippen molar-refractivity contribution in [1.82, 2.24) is 20.3 Å². The number of thiophene rings is 1. The molecule has 2 heterocycles. The lowest BCUT2D eigenvalue weighted by Gasteiger charge is -2.05. The van der Waals surface area contributed by atoms with Gasteiger partial charge in [0.2, 0.25) is 16.4 Å². The van der Waals surface area contributed by atoms with Crippen molar-refractivity contribution in [2.75, 3.05) is 13.1 Å². The number of hydrogen-bond donors (Lipinski definition) is 3. The van der Waals surface area contributed by atoms with E-state index in [-0.39, 0.29) is 23.7 Å². The molecule has 0 aliphatic rings. The summed E-state index contributed by atoms with van der Waals surface area (Å²) in [5.74, 6) is 0. The minimum atomic E-state index is -3.64. The van der Waals surface area contributed by atoms with Gasteiger partial charge in [-0.25, -0.2) is 22.9 Å². The molecule has 3 amide bonds. The molecule has 0 saturated carbocycles. The quantitative estimate of drug-likeness (QED) is 0.492. The largest absolute Gasteiger partial charge is 0.336 e. The van der Waals surface area contributed by atoms with Crippen LogP contribution in [0.5, 0.6) is 0 Å². The number of carbonyl (C=O) groups excluding carboxylic acids is 2. The van der Waals surface area contributed by atoms with Crippen LogP contribution < -0.4 is 15.4 Å². The molecule has 2 aromatic heterocycles. The van der Waals surface area contributed by atoms with Gasteiger partial charge in [0.05, 0.1) is 9.88 Å². The van der Waals surface area contributed by atoms with Gasteiger partial charge in [-0.2, -0.15) is 0 Å². The van der Waals surface area contributed by atoms with Gasteiger partial charge in [0.15, 0.2) is 0 Å². The fourth-order valence-electron chi connectivity index (χ4n) is 1.61. The molecule has 11 heteroatoms. The SMILES string of the molecule is Cc1ncc(-c2ccc(S(=O)(=O)NCCNC(=O)NC=O)s2)s1. The molecule has 0 saturated heterocycles. The lowest BCUT2D eigenvalue weighted by molar-refractivity contribution is -0.108. The first kappa shape index (κ1) is 17.5. The maximum Gasteiger partial charge on any atom is 0.321 e. The molecule has 2 rings (SSSR count). The summed E-state index contributed by atoms with van der Waals surface area (Å²) in [6.07, 6.45) is 1.96. The van der Waals surface area contributed by atoms with Crippen LogP contribution >= 0.6 is 22.7 Å². The Hall–Kier alpha value is -1.82. The van der Waals surface area contributed by atoms with Crippen LogP contribution in [0.1, 0.15) is 5.01 Å². The molecule has 2 aromatic rings. The average Bonchev–Trinajstić information content (AvgIpc) is 3.13. The van der Waals surface area contributed by atoms with Crippen LogP contribution in [0.15, 0.2) is 22.5 Å². The Kier molecular flexibility index (Phi) is 5.82. The minimum Gasteiger partial charge on any atom is -0.336 e. The average molecular weight is 374 g/mol. The van der Waals surface area contributed by atoms with E-state index in [0.29, 0.717) is 0 Å². The Balaban J connectivity index is 1.94. The molecule has 23 heavy (non-hydrogen) atoms. The van der Waals surface area contributed by atoms with Gasteiger partial charge in [-0.15, -0.1) is 22.7 Å². The Morgan fingerprint density at radius 3 is 2.70 bits per heavy atom. The second-order valence-corrected chi connectivity index (χ2v) is 8.59. The van der Waals surface area contributed by atoms with Gasteiger partial charge in [-0.05, 0) is 19.1 Å². The molecule has 0 aromatic carbocycles. The third-order valence-corrected chi connectivity index (χ3v) is 6.75. The first-order valence-corrected chi connectivity index (χ1v) is 9.54. The van der Waals surface area contributed by atoms with Crippen LogP contribution in [0.3, 0.4) is 0 Å². The number of amides is 3. The third-order valence-electron chi connectivity index (χ3n) is 2.60. The highest BCUT2D eigenvalue weighted by Gasteiger charge is 2.17. The lowest BCUT2D eigenvalue weighted by atomic mass is 10.4. The highest BCUT2D eigenvalue weighted by molar-refractivity contribution is 7.91. The Labute approximate surface area is 141 Å². The number of nitrogens with one attached hydrogen (secondary N) is 3. The number of rotatable bonds is 7. The van der Waals surface area contributed by atoms with E-state index in [9.17, 15) is 18.0 Å². The second-order valence-electron chi connectivity index (χ2n) is 4.28. The van der Waals surface area contributed by atoms with Crippen molar-refractivity contribution in [3.63, 3.8) is 0 Å². The van der Waals surface area contributed by atoms with Crippen LogP contribution in [0.25, 0.3) is 9.75 Å². The van der Waals surface area contributed by atoms with E-state index in [1.807, 2.05) is 12.2 Å². The van der Waals surface area contributed by atoms with Gasteiger partial charge in [-0.1, -0.05) is 0 Å². The standard InChI is InChI=1S/C12H14N4O4S3/c1-8-14-6-10(21-8)9-2-3-11(22-9)23(19,20)16-5-4-13-12(18)15-7-17/h2-3,6-7,16H,4-5H2,1H3,(H2,13,15,17,18). The van der Waals surface area contributed by atoms with Crippen LogP contribution in [0.2, 0.25) is 0 Å². The number of carbonyl (C=O) groups is 2. The summed E-state index contributed by atoms with van der Waals surface area (Å²) in [4.78, 5) is 26.9. The monoisotopic (exact) mass is 374 g/mol. The molecule has 0 unspecified atom stereocenters. The molecule has 0 fully saturated rings. The van der Waals surface area contributed by atoms with E-state index >= 15 is 0 Å². The molecule has 124 valence electrons. The minimum absolute atomic E-state index is 0.0154. The number of aryl methyl sites for hydroxylation is 1. The van der Waals surface area contributed by atoms with E-state index in [4.69, 9.17) is 0 Å². The fourth-order valence-corrected chi connectivity index (χ4v) is 4.84. The Morgan fingerprint density at radius 2 is 2.04 bits per heavy atom. The number of sulfonamides is 1. The second kappa shape index (κ2) is 7.64. The maximum atomic E-state index is 12.2. The van der Waals surface area contributed by atoms with Gasteiger partial charge in [0.1, 0.15) is 4.21 Å². The number of urea groups is 1. The van der Waals surface area contributed by atoms with Crippen LogP contribution in [0.4, 0.5) is 4.79 Å². The molecule has 8 nitrogen and oxygen atoms in total. The smallest absolute Gasteiger partial charge is 0.321 e. The van der Waals surface area contributed by atoms with E-state index < -0.39 is 16.1 Å². The molecule has 3 N–H and O–H groups in total. The Bertz CT molecular complexity index is 797. The van der Waals surface area contributed by atoms with Crippen LogP contribution in [-0.4, -0.2) is 38.9 Å². The highest BCUT2D eigenvalue weighted by Crippen LogP contribution is 2.33. The van der Waals surface area contributed by atoms with Gasteiger partial charge in [0, 0.05) is 24.2 Å². The summed E-state index contributed by atoms with van der Waals surface area (Å²) in [5, 5.41) is 5.13. The summed E-state index contributed by atoms with van der Waals surface area (Å²) >= 11 is 2.65. The summed E-state index contributed by atoms with van der Waals surface area (Å²) in [7, 11) is -3.64. The topological polar surface area (TPSA) is 117 Å². The van der Waals surface area contributed by atoms with Gasteiger partial charge in [0.25, 0.3) is 0 Å². The first-order valence-electron chi connectivity index (χ1n) is 6.42. The summed E-state index contributed by atoms with van der Waals surface area (Å²) in [6.45, 7) is 1.96. The molecular formula is C12H14N4O4S3. The molecule has 0 aliphatic heterocycles. The van der Waals surface area contributed by atoms with Crippen molar-refractivity contribution >= 4 is 45.1 Å². The number of imide groups is 1. The van der Waals surface area contributed by atoms with Crippen LogP contribution in [-0.2, 0) is 14.8 Å². The number of aromatic nitrogens is 1. The van der Waals surface area contributed by atoms with Crippen molar-refractivity contribution in [1.29, 1.82) is 0 Å². The van der Waals surface area contributed by atoms with Crippen molar-refractivity contribution in [2.45, 2.75) is 11.1 Å². The third kappa shape index (κ3) is 4.82. The predicted octanol–water partition coefficient (Wildman–Crippen LogP) is 0.914. The van der Waals surface area contributed by atoms with E-state index in [2.05, 4.69) is 15.0 Å². The lowest BCUT2D eigenvalue weighted by Crippen LogP contribution is -2.39. The van der Waals surface area contributed by atoms with E-state index in [0.717, 1.165) is 26.1 Å². The zero-order valence-corrected chi connectivity index (χ0v) is 14.5. The zero-order chi connectivity index (χ0) is 16.9. The van der Waals surface area contributed by atoms with Crippen molar-refractivity contribution in [3.05, 3.63) is 23.3 Å². The summed E-state index contributed by atoms with van der Waals surface area (Å²) in [6, 6.07) is 2.59. The van der Waals surface area contributed by atoms with E-state index in [1.54, 1.807) is 12.3 Å². The van der Waals surface area contributed by atoms with E-state index in [1.165, 1.54) is 17.4 Å².